The number of unbranched alkanes of at least 4 members (excludes halogenated alkanes) is 18. The Bertz CT molecular complexity index is 2350. The molecule has 2 atom stereocenters. The molecule has 0 aliphatic carbocycles. The van der Waals surface area contributed by atoms with Crippen molar-refractivity contribution < 1.29 is 52.7 Å². The molecule has 0 fully saturated rings. The summed E-state index contributed by atoms with van der Waals surface area (Å²) in [6, 6.07) is 13.9. The molecule has 19 heteroatoms. The van der Waals surface area contributed by atoms with Crippen LogP contribution in [0.2, 0.25) is 10.0 Å². The Balaban J connectivity index is 1.40. The molecule has 3 aromatic carbocycles. The number of nitrogens with zero attached hydrogens (tertiary/aromatic N) is 3. The minimum Gasteiger partial charge on any atom is -0.490 e. The van der Waals surface area contributed by atoms with Gasteiger partial charge in [0, 0.05) is 0 Å². The van der Waals surface area contributed by atoms with Gasteiger partial charge in [-0.1, -0.05) is 176 Å². The van der Waals surface area contributed by atoms with Crippen molar-refractivity contribution in [3.63, 3.8) is 0 Å². The summed E-state index contributed by atoms with van der Waals surface area (Å²) in [5.41, 5.74) is 1.37. The second kappa shape index (κ2) is 37.6. The van der Waals surface area contributed by atoms with E-state index in [9.17, 15) is 24.0 Å². The van der Waals surface area contributed by atoms with Crippen molar-refractivity contribution in [1.29, 1.82) is 0 Å². The molecule has 0 aliphatic heterocycles. The van der Waals surface area contributed by atoms with E-state index in [0.717, 1.165) is 61.4 Å². The van der Waals surface area contributed by atoms with Crippen molar-refractivity contribution in [2.75, 3.05) is 43.7 Å². The highest BCUT2D eigenvalue weighted by molar-refractivity contribution is 8.00. The van der Waals surface area contributed by atoms with Crippen LogP contribution >= 0.6 is 35.0 Å². The molecule has 0 radical (unpaired) electrons. The summed E-state index contributed by atoms with van der Waals surface area (Å²) in [6.07, 6.45) is 24.8. The lowest BCUT2D eigenvalue weighted by atomic mass is 10.1. The Labute approximate surface area is 463 Å². The van der Waals surface area contributed by atoms with Crippen LogP contribution in [0.3, 0.4) is 0 Å². The van der Waals surface area contributed by atoms with Crippen molar-refractivity contribution in [3.8, 4) is 5.75 Å². The molecular weight excluding hydrogens is 1030 g/mol. The molecule has 0 saturated heterocycles. The fraction of sp³-hybridized carbons (Fsp3) is 0.561. The lowest BCUT2D eigenvalue weighted by Gasteiger charge is -2.20. The lowest BCUT2D eigenvalue weighted by molar-refractivity contribution is -0.304. The van der Waals surface area contributed by atoms with Gasteiger partial charge in [0.1, 0.15) is 35.8 Å². The molecule has 0 bridgehead atoms. The number of halogens is 2. The zero-order chi connectivity index (χ0) is 54.8. The normalized spacial score (nSPS) is 11.9. The van der Waals surface area contributed by atoms with E-state index in [-0.39, 0.29) is 65.0 Å². The summed E-state index contributed by atoms with van der Waals surface area (Å²) in [6.45, 7) is 8.67. The minimum atomic E-state index is -1.76. The first-order chi connectivity index (χ1) is 36.9. The van der Waals surface area contributed by atoms with Gasteiger partial charge < -0.3 is 29.6 Å². The predicted molar refractivity (Wildman–Crippen MR) is 298 cm³/mol. The van der Waals surface area contributed by atoms with E-state index in [1.807, 2.05) is 0 Å². The average Bonchev–Trinajstić information content (AvgIpc) is 3.86. The molecule has 2 amide bonds. The highest BCUT2D eigenvalue weighted by atomic mass is 35.5. The first-order valence-corrected chi connectivity index (χ1v) is 28.8. The number of hydrogen-bond donors (Lipinski definition) is 2. The second-order valence-electron chi connectivity index (χ2n) is 18.5. The zero-order valence-electron chi connectivity index (χ0n) is 44.9. The van der Waals surface area contributed by atoms with Crippen LogP contribution in [-0.2, 0) is 45.0 Å². The number of esters is 3. The van der Waals surface area contributed by atoms with Crippen LogP contribution in [-0.4, -0.2) is 83.0 Å². The number of aromatic nitrogens is 3. The van der Waals surface area contributed by atoms with Crippen LogP contribution in [0.4, 0.5) is 11.4 Å². The van der Waals surface area contributed by atoms with Crippen molar-refractivity contribution in [2.24, 2.45) is 0 Å². The van der Waals surface area contributed by atoms with Crippen LogP contribution in [0, 0.1) is 0 Å². The fourth-order valence-corrected chi connectivity index (χ4v) is 9.17. The smallest absolute Gasteiger partial charge is 0.338 e. The molecule has 4 aromatic rings. The molecule has 2 unspecified atom stereocenters. The Morgan fingerprint density at radius 2 is 1.11 bits per heavy atom. The highest BCUT2D eigenvalue weighted by Crippen LogP contribution is 2.31. The van der Waals surface area contributed by atoms with E-state index in [4.69, 9.17) is 51.9 Å². The number of benzene rings is 3. The van der Waals surface area contributed by atoms with E-state index in [1.165, 1.54) is 108 Å². The van der Waals surface area contributed by atoms with Gasteiger partial charge in [0.25, 0.3) is 11.8 Å². The zero-order valence-corrected chi connectivity index (χ0v) is 47.2. The summed E-state index contributed by atoms with van der Waals surface area (Å²) >= 11 is 14.2. The number of anilines is 2. The topological polar surface area (TPSA) is 195 Å². The van der Waals surface area contributed by atoms with Crippen LogP contribution in [0.1, 0.15) is 188 Å². The molecular formula is C57H79Cl2N5O11S. The van der Waals surface area contributed by atoms with Crippen molar-refractivity contribution in [2.45, 2.75) is 179 Å². The maximum absolute atomic E-state index is 14.5. The Hall–Kier alpha value is -5.20. The van der Waals surface area contributed by atoms with Gasteiger partial charge in [0.05, 0.1) is 58.6 Å². The summed E-state index contributed by atoms with van der Waals surface area (Å²) < 4.78 is 22.8. The van der Waals surface area contributed by atoms with Gasteiger partial charge in [-0.2, -0.15) is 0 Å². The molecule has 0 aliphatic rings. The monoisotopic (exact) mass is 1110 g/mol. The first kappa shape index (κ1) is 63.3. The molecule has 0 spiro atoms. The quantitative estimate of drug-likeness (QED) is 0.00812. The molecule has 76 heavy (non-hydrogen) atoms. The molecule has 418 valence electrons. The van der Waals surface area contributed by atoms with E-state index in [1.54, 1.807) is 56.3 Å². The summed E-state index contributed by atoms with van der Waals surface area (Å²) in [4.78, 5) is 78.3. The van der Waals surface area contributed by atoms with E-state index < -0.39 is 41.0 Å². The van der Waals surface area contributed by atoms with Crippen LogP contribution in [0.15, 0.2) is 71.9 Å². The lowest BCUT2D eigenvalue weighted by Crippen LogP contribution is -2.37. The number of thioether (sulfide) groups is 1. The largest absolute Gasteiger partial charge is 0.490 e. The number of nitrogens with one attached hydrogen (secondary N) is 2. The molecule has 1 heterocycles. The van der Waals surface area contributed by atoms with E-state index >= 15 is 0 Å². The SMILES string of the molecule is CCCCCCCCCCCCOOCc1ccc(Cl)c(NC(=O)C(C(=O)Nc2cc(C(=O)OCCCCCCCCCCCC)ccc2Cl)n2nncc2SC(C)C(=O)OCCOc2ccc(C(=O)OCC)cc2)c1. The average molecular weight is 1110 g/mol. The number of hydrogen-bond acceptors (Lipinski definition) is 14. The number of carbonyl (C=O) groups excluding carboxylic acids is 5. The number of amides is 2. The number of ether oxygens (including phenoxy) is 4. The summed E-state index contributed by atoms with van der Waals surface area (Å²) in [7, 11) is 0. The molecule has 16 nitrogen and oxygen atoms in total. The summed E-state index contributed by atoms with van der Waals surface area (Å²) in [5, 5.41) is 13.1. The Morgan fingerprint density at radius 1 is 0.579 bits per heavy atom. The van der Waals surface area contributed by atoms with Gasteiger partial charge in [-0.15, -0.1) is 5.10 Å². The van der Waals surface area contributed by atoms with Gasteiger partial charge in [-0.3, -0.25) is 14.4 Å². The van der Waals surface area contributed by atoms with Crippen LogP contribution in [0.25, 0.3) is 0 Å². The third-order valence-corrected chi connectivity index (χ3v) is 14.0. The van der Waals surface area contributed by atoms with E-state index in [0.29, 0.717) is 23.5 Å². The van der Waals surface area contributed by atoms with Crippen molar-refractivity contribution in [3.05, 3.63) is 93.6 Å². The Kier molecular flexibility index (Phi) is 31.3. The maximum Gasteiger partial charge on any atom is 0.338 e. The molecule has 4 rings (SSSR count). The standard InChI is InChI=1S/C57H79Cl2N5O11S/c1-5-8-10-12-14-16-18-20-22-24-34-72-57(69)45-29-33-48(59)50(39-45)62-54(66)52(53(65)61-49-38-43(26-32-47(49)58)41-75-74-35-25-23-21-19-17-15-13-11-9-6-2)64-51(40-60-63-64)76-42(4)55(67)73-37-36-71-46-30-27-44(28-31-46)56(68)70-7-3/h26-33,38-40,42,52H,5-25,34-37,41H2,1-4H3,(H,61,65)(H,62,66). The van der Waals surface area contributed by atoms with Gasteiger partial charge in [-0.25, -0.2) is 24.0 Å². The van der Waals surface area contributed by atoms with Gasteiger partial charge in [0.15, 0.2) is 0 Å². The van der Waals surface area contributed by atoms with Crippen LogP contribution < -0.4 is 15.4 Å². The predicted octanol–water partition coefficient (Wildman–Crippen LogP) is 14.1. The van der Waals surface area contributed by atoms with Gasteiger partial charge in [-0.05, 0) is 86.8 Å². The fourth-order valence-electron chi connectivity index (χ4n) is 7.95. The van der Waals surface area contributed by atoms with Crippen molar-refractivity contribution >= 4 is 76.1 Å². The number of rotatable bonds is 40. The first-order valence-electron chi connectivity index (χ1n) is 27.2. The maximum atomic E-state index is 14.5. The third kappa shape index (κ3) is 24.0. The second-order valence-corrected chi connectivity index (χ2v) is 20.7. The molecule has 0 saturated carbocycles. The Morgan fingerprint density at radius 3 is 1.70 bits per heavy atom. The summed E-state index contributed by atoms with van der Waals surface area (Å²) in [5.74, 6) is -2.97. The molecule has 1 aromatic heterocycles. The van der Waals surface area contributed by atoms with Crippen LogP contribution in [0.5, 0.6) is 5.75 Å². The molecule has 2 N–H and O–H groups in total. The van der Waals surface area contributed by atoms with Gasteiger partial charge >= 0.3 is 17.9 Å². The highest BCUT2D eigenvalue weighted by Gasteiger charge is 2.34. The minimum absolute atomic E-state index is 0.0208. The third-order valence-electron chi connectivity index (χ3n) is 12.2. The van der Waals surface area contributed by atoms with E-state index in [2.05, 4.69) is 34.8 Å². The van der Waals surface area contributed by atoms with Crippen molar-refractivity contribution in [1.82, 2.24) is 15.0 Å². The van der Waals surface area contributed by atoms with Gasteiger partial charge in [0.2, 0.25) is 6.04 Å². The number of carbonyl (C=O) groups is 5.